The molecule has 0 saturated carbocycles. The Bertz CT molecular complexity index is 1260. The minimum Gasteiger partial charge on any atom is -0.497 e. The first-order valence-corrected chi connectivity index (χ1v) is 14.9. The van der Waals surface area contributed by atoms with Crippen molar-refractivity contribution in [1.82, 2.24) is 5.32 Å². The van der Waals surface area contributed by atoms with Gasteiger partial charge in [-0.15, -0.1) is 0 Å². The number of esters is 1. The third kappa shape index (κ3) is 9.84. The maximum Gasteiger partial charge on any atom is 0.306 e. The maximum atomic E-state index is 12.3. The number of methoxy groups -OCH3 is 2. The van der Waals surface area contributed by atoms with Crippen molar-refractivity contribution in [2.45, 2.75) is 51.0 Å². The van der Waals surface area contributed by atoms with Crippen molar-refractivity contribution in [3.05, 3.63) is 95.6 Å². The third-order valence-electron chi connectivity index (χ3n) is 7.41. The van der Waals surface area contributed by atoms with Crippen LogP contribution in [0.5, 0.6) is 11.5 Å². The highest BCUT2D eigenvalue weighted by Crippen LogP contribution is 2.42. The van der Waals surface area contributed by atoms with Gasteiger partial charge >= 0.3 is 11.9 Å². The fraction of sp³-hybridized carbons (Fsp3) is 0.400. The Morgan fingerprint density at radius 3 is 1.86 bits per heavy atom. The summed E-state index contributed by atoms with van der Waals surface area (Å²) in [6.45, 7) is 2.69. The van der Waals surface area contributed by atoms with Crippen LogP contribution < -0.4 is 14.8 Å². The van der Waals surface area contributed by atoms with Crippen molar-refractivity contribution >= 4 is 17.8 Å². The number of carboxylic acids is 1. The number of carbonyl (C=O) groups excluding carboxylic acids is 2. The highest BCUT2D eigenvalue weighted by Gasteiger charge is 2.38. The highest BCUT2D eigenvalue weighted by atomic mass is 16.5. The molecule has 0 aliphatic carbocycles. The Hall–Kier alpha value is -4.37. The third-order valence-corrected chi connectivity index (χ3v) is 7.41. The normalized spacial score (nSPS) is 11.8. The summed E-state index contributed by atoms with van der Waals surface area (Å²) in [7, 11) is 3.24. The average Bonchev–Trinajstić information content (AvgIpc) is 3.06. The van der Waals surface area contributed by atoms with Crippen LogP contribution in [-0.4, -0.2) is 56.9 Å². The van der Waals surface area contributed by atoms with Crippen LogP contribution in [0.2, 0.25) is 0 Å². The summed E-state index contributed by atoms with van der Waals surface area (Å²) in [6, 6.07) is 25.4. The number of nitrogens with one attached hydrogen (secondary N) is 1. The number of rotatable bonds is 19. The van der Waals surface area contributed by atoms with Gasteiger partial charge in [-0.25, -0.2) is 0 Å². The van der Waals surface area contributed by atoms with E-state index in [1.54, 1.807) is 14.2 Å². The minimum atomic E-state index is -1.05. The molecule has 0 saturated heterocycles. The fourth-order valence-electron chi connectivity index (χ4n) is 4.93. The lowest BCUT2D eigenvalue weighted by Crippen LogP contribution is -2.35. The maximum absolute atomic E-state index is 12.3. The molecule has 44 heavy (non-hydrogen) atoms. The summed E-state index contributed by atoms with van der Waals surface area (Å²) in [5, 5.41) is 11.8. The molecule has 3 aromatic rings. The molecule has 1 unspecified atom stereocenters. The van der Waals surface area contributed by atoms with Crippen LogP contribution >= 0.6 is 0 Å². The second-order valence-electron chi connectivity index (χ2n) is 10.5. The van der Waals surface area contributed by atoms with Gasteiger partial charge in [0, 0.05) is 18.9 Å². The molecule has 3 rings (SSSR count). The first kappa shape index (κ1) is 34.1. The lowest BCUT2D eigenvalue weighted by molar-refractivity contribution is -0.149. The number of hydrogen-bond acceptors (Lipinski definition) is 7. The Morgan fingerprint density at radius 2 is 1.34 bits per heavy atom. The molecule has 0 radical (unpaired) electrons. The molecule has 0 aliphatic rings. The van der Waals surface area contributed by atoms with Gasteiger partial charge < -0.3 is 29.4 Å². The summed E-state index contributed by atoms with van der Waals surface area (Å²) < 4.78 is 23.4. The van der Waals surface area contributed by atoms with Gasteiger partial charge in [0.05, 0.1) is 40.3 Å². The number of ether oxygens (including phenoxy) is 4. The zero-order valence-electron chi connectivity index (χ0n) is 25.8. The van der Waals surface area contributed by atoms with Crippen LogP contribution in [0.15, 0.2) is 78.9 Å². The van der Waals surface area contributed by atoms with Gasteiger partial charge in [-0.3, -0.25) is 14.4 Å². The first-order valence-electron chi connectivity index (χ1n) is 14.9. The van der Waals surface area contributed by atoms with Crippen LogP contribution in [0.4, 0.5) is 0 Å². The minimum absolute atomic E-state index is 0.00358. The van der Waals surface area contributed by atoms with Crippen molar-refractivity contribution in [3.8, 4) is 11.5 Å². The Kier molecular flexibility index (Phi) is 13.7. The molecule has 3 aromatic carbocycles. The number of hydrogen-bond donors (Lipinski definition) is 2. The predicted molar refractivity (Wildman–Crippen MR) is 167 cm³/mol. The van der Waals surface area contributed by atoms with E-state index in [1.807, 2.05) is 85.8 Å². The summed E-state index contributed by atoms with van der Waals surface area (Å²) in [6.07, 6.45) is 2.15. The molecule has 9 nitrogen and oxygen atoms in total. The number of amides is 1. The van der Waals surface area contributed by atoms with Gasteiger partial charge in [0.15, 0.2) is 0 Å². The van der Waals surface area contributed by atoms with Crippen LogP contribution in [-0.2, 0) is 29.5 Å². The van der Waals surface area contributed by atoms with Gasteiger partial charge in [-0.1, -0.05) is 67.9 Å². The molecule has 9 heteroatoms. The van der Waals surface area contributed by atoms with Crippen molar-refractivity contribution in [2.75, 3.05) is 34.0 Å². The molecule has 0 aromatic heterocycles. The summed E-state index contributed by atoms with van der Waals surface area (Å²) in [5.74, 6) is -0.373. The molecule has 0 aliphatic heterocycles. The zero-order valence-corrected chi connectivity index (χ0v) is 25.8. The molecule has 0 bridgehead atoms. The molecule has 236 valence electrons. The van der Waals surface area contributed by atoms with E-state index in [-0.39, 0.29) is 37.9 Å². The largest absolute Gasteiger partial charge is 0.497 e. The van der Waals surface area contributed by atoms with Gasteiger partial charge in [-0.2, -0.15) is 0 Å². The van der Waals surface area contributed by atoms with Crippen molar-refractivity contribution in [3.63, 3.8) is 0 Å². The number of unbranched alkanes of at least 4 members (excludes halogenated alkanes) is 1. The molecular weight excluding hydrogens is 562 g/mol. The highest BCUT2D eigenvalue weighted by molar-refractivity contribution is 5.76. The van der Waals surface area contributed by atoms with Gasteiger partial charge in [-0.05, 0) is 53.8 Å². The van der Waals surface area contributed by atoms with Crippen LogP contribution in [0.25, 0.3) is 0 Å². The molecule has 0 heterocycles. The first-order chi connectivity index (χ1) is 21.3. The van der Waals surface area contributed by atoms with Gasteiger partial charge in [0.1, 0.15) is 17.1 Å². The number of aliphatic carboxylic acids is 1. The van der Waals surface area contributed by atoms with E-state index in [9.17, 15) is 14.4 Å². The standard InChI is InChI=1S/C35H43NO8/c1-4-32(37)36-23-9-8-10-26(24-43-34(40)22-21-33(38)39)25-44-35(27-11-6-5-7-12-27,28-13-17-30(41-2)18-14-28)29-15-19-31(42-3)20-16-29/h5-7,11-20,26H,4,8-10,21-25H2,1-3H3,(H,36,37)(H,38,39). The quantitative estimate of drug-likeness (QED) is 0.101. The van der Waals surface area contributed by atoms with E-state index in [2.05, 4.69) is 5.32 Å². The molecule has 1 atom stereocenters. The summed E-state index contributed by atoms with van der Waals surface area (Å²) in [5.41, 5.74) is 1.65. The zero-order chi connectivity index (χ0) is 31.8. The summed E-state index contributed by atoms with van der Waals surface area (Å²) >= 11 is 0. The van der Waals surface area contributed by atoms with Crippen molar-refractivity contribution in [2.24, 2.45) is 5.92 Å². The van der Waals surface area contributed by atoms with E-state index in [1.165, 1.54) is 0 Å². The Morgan fingerprint density at radius 1 is 0.773 bits per heavy atom. The van der Waals surface area contributed by atoms with E-state index in [0.29, 0.717) is 30.9 Å². The van der Waals surface area contributed by atoms with Crippen LogP contribution in [0.1, 0.15) is 62.1 Å². The topological polar surface area (TPSA) is 120 Å². The molecular formula is C35H43NO8. The van der Waals surface area contributed by atoms with E-state index in [0.717, 1.165) is 29.5 Å². The van der Waals surface area contributed by atoms with Gasteiger partial charge in [0.25, 0.3) is 0 Å². The summed E-state index contributed by atoms with van der Waals surface area (Å²) in [4.78, 5) is 34.9. The Labute approximate surface area is 259 Å². The molecule has 0 spiro atoms. The lowest BCUT2D eigenvalue weighted by Gasteiger charge is -2.37. The smallest absolute Gasteiger partial charge is 0.306 e. The fourth-order valence-corrected chi connectivity index (χ4v) is 4.93. The Balaban J connectivity index is 1.94. The molecule has 0 fully saturated rings. The van der Waals surface area contributed by atoms with Crippen LogP contribution in [0, 0.1) is 5.92 Å². The second kappa shape index (κ2) is 17.7. The predicted octanol–water partition coefficient (Wildman–Crippen LogP) is 5.73. The van der Waals surface area contributed by atoms with E-state index < -0.39 is 17.5 Å². The van der Waals surface area contributed by atoms with E-state index in [4.69, 9.17) is 24.1 Å². The number of carboxylic acid groups (broad SMARTS) is 1. The molecule has 2 N–H and O–H groups in total. The van der Waals surface area contributed by atoms with E-state index >= 15 is 0 Å². The SMILES string of the molecule is CCC(=O)NCCCCC(COC(=O)CCC(=O)O)COC(c1ccccc1)(c1ccc(OC)cc1)c1ccc(OC)cc1. The second-order valence-corrected chi connectivity index (χ2v) is 10.5. The number of benzene rings is 3. The average molecular weight is 606 g/mol. The van der Waals surface area contributed by atoms with Crippen molar-refractivity contribution in [1.29, 1.82) is 0 Å². The van der Waals surface area contributed by atoms with Crippen molar-refractivity contribution < 1.29 is 38.4 Å². The monoisotopic (exact) mass is 605 g/mol. The number of carbonyl (C=O) groups is 3. The lowest BCUT2D eigenvalue weighted by atomic mass is 9.79. The van der Waals surface area contributed by atoms with Crippen LogP contribution in [0.3, 0.4) is 0 Å². The van der Waals surface area contributed by atoms with Gasteiger partial charge in [0.2, 0.25) is 5.91 Å². The molecule has 1 amide bonds.